The van der Waals surface area contributed by atoms with Gasteiger partial charge in [-0.2, -0.15) is 0 Å². The van der Waals surface area contributed by atoms with Crippen LogP contribution in [0.1, 0.15) is 11.1 Å². The van der Waals surface area contributed by atoms with Gasteiger partial charge in [0, 0.05) is 22.7 Å². The lowest BCUT2D eigenvalue weighted by molar-refractivity contribution is 0.478. The minimum atomic E-state index is 0.328. The van der Waals surface area contributed by atoms with Gasteiger partial charge in [0.05, 0.1) is 0 Å². The molecule has 4 aromatic rings. The number of aryl methyl sites for hydroxylation is 2. The molecule has 2 nitrogen and oxygen atoms in total. The summed E-state index contributed by atoms with van der Waals surface area (Å²) in [7, 11) is 0. The molecule has 0 aliphatic rings. The second-order valence-corrected chi connectivity index (χ2v) is 6.05. The molecule has 0 amide bonds. The van der Waals surface area contributed by atoms with Crippen molar-refractivity contribution in [2.24, 2.45) is 0 Å². The van der Waals surface area contributed by atoms with Crippen LogP contribution in [0.15, 0.2) is 79.0 Å². The molecule has 0 spiro atoms. The van der Waals surface area contributed by atoms with E-state index in [1.807, 2.05) is 42.5 Å². The van der Waals surface area contributed by atoms with Gasteiger partial charge in [0.2, 0.25) is 0 Å². The highest BCUT2D eigenvalue weighted by Gasteiger charge is 2.14. The van der Waals surface area contributed by atoms with E-state index in [1.165, 1.54) is 11.1 Å². The van der Waals surface area contributed by atoms with Gasteiger partial charge in [0.1, 0.15) is 5.75 Å². The number of aromatic hydroxyl groups is 1. The molecule has 1 heterocycles. The summed E-state index contributed by atoms with van der Waals surface area (Å²) < 4.78 is 0. The second kappa shape index (κ2) is 6.25. The Kier molecular flexibility index (Phi) is 3.80. The average Bonchev–Trinajstić information content (AvgIpc) is 3.04. The number of fused-ring (bicyclic) bond motifs is 1. The van der Waals surface area contributed by atoms with Crippen LogP contribution in [0.25, 0.3) is 22.0 Å². The number of nitrogens with one attached hydrogen (secondary N) is 1. The van der Waals surface area contributed by atoms with Crippen molar-refractivity contribution in [1.29, 1.82) is 0 Å². The third-order valence-electron chi connectivity index (χ3n) is 4.49. The SMILES string of the molecule is Oc1ccc2[nH]cc(CCc3ccccc3)c2c1-c1ccccc1. The standard InChI is InChI=1S/C22H19NO/c24-20-14-13-19-21(22(20)17-9-5-2-6-10-17)18(15-23-19)12-11-16-7-3-1-4-8-16/h1-10,13-15,23-24H,11-12H2. The molecule has 0 aliphatic heterocycles. The van der Waals surface area contributed by atoms with Gasteiger partial charge >= 0.3 is 0 Å². The molecule has 0 aliphatic carbocycles. The predicted molar refractivity (Wildman–Crippen MR) is 99.2 cm³/mol. The summed E-state index contributed by atoms with van der Waals surface area (Å²) >= 11 is 0. The first-order valence-electron chi connectivity index (χ1n) is 8.24. The Labute approximate surface area is 141 Å². The lowest BCUT2D eigenvalue weighted by Gasteiger charge is -2.09. The Hall–Kier alpha value is -3.00. The van der Waals surface area contributed by atoms with Gasteiger partial charge in [0.25, 0.3) is 0 Å². The highest BCUT2D eigenvalue weighted by atomic mass is 16.3. The Morgan fingerprint density at radius 1 is 0.750 bits per heavy atom. The quantitative estimate of drug-likeness (QED) is 0.525. The fourth-order valence-electron chi connectivity index (χ4n) is 3.30. The highest BCUT2D eigenvalue weighted by molar-refractivity contribution is 6.00. The molecule has 118 valence electrons. The molecule has 0 atom stereocenters. The van der Waals surface area contributed by atoms with Gasteiger partial charge < -0.3 is 10.1 Å². The number of phenolic OH excluding ortho intramolecular Hbond substituents is 1. The van der Waals surface area contributed by atoms with Crippen molar-refractivity contribution in [1.82, 2.24) is 4.98 Å². The monoisotopic (exact) mass is 313 g/mol. The molecule has 2 heteroatoms. The first-order chi connectivity index (χ1) is 11.8. The minimum Gasteiger partial charge on any atom is -0.507 e. The number of benzene rings is 3. The van der Waals surface area contributed by atoms with Crippen molar-refractivity contribution in [3.8, 4) is 16.9 Å². The van der Waals surface area contributed by atoms with Crippen molar-refractivity contribution < 1.29 is 5.11 Å². The molecule has 0 fully saturated rings. The van der Waals surface area contributed by atoms with Gasteiger partial charge in [0.15, 0.2) is 0 Å². The fourth-order valence-corrected chi connectivity index (χ4v) is 3.30. The summed E-state index contributed by atoms with van der Waals surface area (Å²) in [5.41, 5.74) is 5.59. The Balaban J connectivity index is 1.78. The van der Waals surface area contributed by atoms with E-state index in [2.05, 4.69) is 35.4 Å². The molecule has 0 saturated carbocycles. The van der Waals surface area contributed by atoms with Gasteiger partial charge in [-0.15, -0.1) is 0 Å². The van der Waals surface area contributed by atoms with Crippen LogP contribution < -0.4 is 0 Å². The van der Waals surface area contributed by atoms with Crippen LogP contribution in [0.5, 0.6) is 5.75 Å². The normalized spacial score (nSPS) is 11.0. The van der Waals surface area contributed by atoms with Crippen LogP contribution in [0.4, 0.5) is 0 Å². The molecular weight excluding hydrogens is 294 g/mol. The van der Waals surface area contributed by atoms with E-state index < -0.39 is 0 Å². The Morgan fingerprint density at radius 2 is 1.46 bits per heavy atom. The molecule has 0 radical (unpaired) electrons. The summed E-state index contributed by atoms with van der Waals surface area (Å²) in [6.07, 6.45) is 3.99. The lowest BCUT2D eigenvalue weighted by atomic mass is 9.95. The molecule has 24 heavy (non-hydrogen) atoms. The summed E-state index contributed by atoms with van der Waals surface area (Å²) in [6, 6.07) is 24.3. The zero-order valence-corrected chi connectivity index (χ0v) is 13.4. The highest BCUT2D eigenvalue weighted by Crippen LogP contribution is 2.38. The van der Waals surface area contributed by atoms with Crippen LogP contribution in [0, 0.1) is 0 Å². The van der Waals surface area contributed by atoms with Crippen molar-refractivity contribution in [3.05, 3.63) is 90.1 Å². The molecule has 0 unspecified atom stereocenters. The number of hydrogen-bond donors (Lipinski definition) is 2. The van der Waals surface area contributed by atoms with Crippen LogP contribution in [-0.2, 0) is 12.8 Å². The first kappa shape index (κ1) is 14.6. The average molecular weight is 313 g/mol. The number of aromatic amines is 1. The van der Waals surface area contributed by atoms with Crippen LogP contribution in [-0.4, -0.2) is 10.1 Å². The van der Waals surface area contributed by atoms with E-state index in [0.29, 0.717) is 5.75 Å². The number of H-pyrrole nitrogens is 1. The van der Waals surface area contributed by atoms with Gasteiger partial charge in [-0.05, 0) is 41.7 Å². The van der Waals surface area contributed by atoms with Crippen molar-refractivity contribution >= 4 is 10.9 Å². The van der Waals surface area contributed by atoms with Crippen LogP contribution in [0.2, 0.25) is 0 Å². The summed E-state index contributed by atoms with van der Waals surface area (Å²) in [5.74, 6) is 0.328. The zero-order chi connectivity index (χ0) is 16.4. The smallest absolute Gasteiger partial charge is 0.124 e. The molecule has 3 aromatic carbocycles. The molecular formula is C22H19NO. The molecule has 4 rings (SSSR count). The van der Waals surface area contributed by atoms with Gasteiger partial charge in [-0.3, -0.25) is 0 Å². The van der Waals surface area contributed by atoms with E-state index in [-0.39, 0.29) is 0 Å². The van der Waals surface area contributed by atoms with Gasteiger partial charge in [-0.1, -0.05) is 60.7 Å². The molecule has 0 saturated heterocycles. The molecule has 0 bridgehead atoms. The summed E-state index contributed by atoms with van der Waals surface area (Å²) in [6.45, 7) is 0. The number of hydrogen-bond acceptors (Lipinski definition) is 1. The van der Waals surface area contributed by atoms with E-state index in [4.69, 9.17) is 0 Å². The Bertz CT molecular complexity index is 955. The maximum Gasteiger partial charge on any atom is 0.124 e. The number of phenols is 1. The largest absolute Gasteiger partial charge is 0.507 e. The van der Waals surface area contributed by atoms with E-state index in [9.17, 15) is 5.11 Å². The fraction of sp³-hybridized carbons (Fsp3) is 0.0909. The lowest BCUT2D eigenvalue weighted by Crippen LogP contribution is -1.91. The maximum absolute atomic E-state index is 10.5. The van der Waals surface area contributed by atoms with Crippen molar-refractivity contribution in [2.45, 2.75) is 12.8 Å². The van der Waals surface area contributed by atoms with Crippen LogP contribution >= 0.6 is 0 Å². The third-order valence-corrected chi connectivity index (χ3v) is 4.49. The Morgan fingerprint density at radius 3 is 2.21 bits per heavy atom. The van der Waals surface area contributed by atoms with Gasteiger partial charge in [-0.25, -0.2) is 0 Å². The van der Waals surface area contributed by atoms with E-state index in [0.717, 1.165) is 34.9 Å². The van der Waals surface area contributed by atoms with E-state index >= 15 is 0 Å². The number of aromatic nitrogens is 1. The number of rotatable bonds is 4. The first-order valence-corrected chi connectivity index (χ1v) is 8.24. The molecule has 1 aromatic heterocycles. The molecule has 2 N–H and O–H groups in total. The predicted octanol–water partition coefficient (Wildman–Crippen LogP) is 5.33. The third kappa shape index (κ3) is 2.67. The summed E-state index contributed by atoms with van der Waals surface area (Å²) in [5, 5.41) is 11.6. The van der Waals surface area contributed by atoms with Crippen molar-refractivity contribution in [2.75, 3.05) is 0 Å². The second-order valence-electron chi connectivity index (χ2n) is 6.05. The van der Waals surface area contributed by atoms with Crippen LogP contribution in [0.3, 0.4) is 0 Å². The summed E-state index contributed by atoms with van der Waals surface area (Å²) in [4.78, 5) is 3.35. The minimum absolute atomic E-state index is 0.328. The maximum atomic E-state index is 10.5. The zero-order valence-electron chi connectivity index (χ0n) is 13.4. The van der Waals surface area contributed by atoms with E-state index in [1.54, 1.807) is 6.07 Å². The topological polar surface area (TPSA) is 36.0 Å². The van der Waals surface area contributed by atoms with Crippen molar-refractivity contribution in [3.63, 3.8) is 0 Å².